The van der Waals surface area contributed by atoms with Crippen LogP contribution in [0, 0.1) is 0 Å². The molecule has 1 aliphatic rings. The van der Waals surface area contributed by atoms with Gasteiger partial charge in [0.15, 0.2) is 0 Å². The van der Waals surface area contributed by atoms with E-state index in [1.165, 1.54) is 0 Å². The number of pyridine rings is 1. The fourth-order valence-electron chi connectivity index (χ4n) is 1.22. The first-order chi connectivity index (χ1) is 5.92. The lowest BCUT2D eigenvalue weighted by Gasteiger charge is -2.14. The van der Waals surface area contributed by atoms with E-state index in [0.717, 1.165) is 28.5 Å². The molecule has 1 aromatic rings. The van der Waals surface area contributed by atoms with Crippen molar-refractivity contribution in [2.75, 3.05) is 5.75 Å². The van der Waals surface area contributed by atoms with Crippen molar-refractivity contribution in [3.05, 3.63) is 29.6 Å². The van der Waals surface area contributed by atoms with Gasteiger partial charge in [-0.05, 0) is 12.1 Å². The van der Waals surface area contributed by atoms with Crippen LogP contribution in [0.15, 0.2) is 23.5 Å². The van der Waals surface area contributed by atoms with Crippen LogP contribution in [-0.4, -0.2) is 21.7 Å². The van der Waals surface area contributed by atoms with Crippen LogP contribution in [0.25, 0.3) is 0 Å². The van der Waals surface area contributed by atoms with Gasteiger partial charge in [-0.15, -0.1) is 11.8 Å². The minimum Gasteiger partial charge on any atom is -0.411 e. The van der Waals surface area contributed by atoms with E-state index in [2.05, 4.69) is 10.1 Å². The molecule has 1 aromatic heterocycles. The monoisotopic (exact) mass is 180 g/mol. The number of thioether (sulfide) groups is 1. The Bertz CT molecular complexity index is 325. The Morgan fingerprint density at radius 1 is 1.50 bits per heavy atom. The average molecular weight is 180 g/mol. The molecule has 62 valence electrons. The number of rotatable bonds is 0. The first kappa shape index (κ1) is 7.61. The Hall–Kier alpha value is -1.03. The van der Waals surface area contributed by atoms with E-state index in [-0.39, 0.29) is 0 Å². The van der Waals surface area contributed by atoms with Crippen molar-refractivity contribution < 1.29 is 5.21 Å². The van der Waals surface area contributed by atoms with Gasteiger partial charge in [0.2, 0.25) is 0 Å². The molecule has 0 saturated carbocycles. The molecule has 0 aliphatic carbocycles. The molecule has 0 saturated heterocycles. The maximum atomic E-state index is 8.68. The highest BCUT2D eigenvalue weighted by Gasteiger charge is 2.16. The summed E-state index contributed by atoms with van der Waals surface area (Å²) in [6.07, 6.45) is 1.76. The van der Waals surface area contributed by atoms with Crippen LogP contribution in [0.4, 0.5) is 0 Å². The first-order valence-corrected chi connectivity index (χ1v) is 4.80. The lowest BCUT2D eigenvalue weighted by Crippen LogP contribution is -2.14. The van der Waals surface area contributed by atoms with E-state index in [1.807, 2.05) is 12.1 Å². The van der Waals surface area contributed by atoms with Gasteiger partial charge < -0.3 is 5.21 Å². The van der Waals surface area contributed by atoms with Gasteiger partial charge in [0.05, 0.1) is 11.4 Å². The molecule has 2 rings (SSSR count). The van der Waals surface area contributed by atoms with Crippen LogP contribution >= 0.6 is 11.8 Å². The summed E-state index contributed by atoms with van der Waals surface area (Å²) in [5.74, 6) is 1.68. The lowest BCUT2D eigenvalue weighted by atomic mass is 10.1. The van der Waals surface area contributed by atoms with E-state index in [4.69, 9.17) is 5.21 Å². The van der Waals surface area contributed by atoms with Crippen molar-refractivity contribution in [3.63, 3.8) is 0 Å². The first-order valence-electron chi connectivity index (χ1n) is 3.65. The van der Waals surface area contributed by atoms with Gasteiger partial charge in [0.25, 0.3) is 0 Å². The smallest absolute Gasteiger partial charge is 0.0985 e. The van der Waals surface area contributed by atoms with Crippen molar-refractivity contribution in [2.45, 2.75) is 5.75 Å². The molecule has 2 heterocycles. The van der Waals surface area contributed by atoms with Crippen LogP contribution in [0.1, 0.15) is 11.3 Å². The third-order valence-corrected chi connectivity index (χ3v) is 2.75. The molecule has 0 spiro atoms. The number of aromatic nitrogens is 1. The largest absolute Gasteiger partial charge is 0.411 e. The molecule has 12 heavy (non-hydrogen) atoms. The number of oxime groups is 1. The standard InChI is InChI=1S/C8H8N2OS/c11-10-8-5-12-4-7-6(8)2-1-3-9-7/h1-3,11H,4-5H2/b10-8-. The summed E-state index contributed by atoms with van der Waals surface area (Å²) in [7, 11) is 0. The molecule has 0 radical (unpaired) electrons. The van der Waals surface area contributed by atoms with Crippen LogP contribution in [0.3, 0.4) is 0 Å². The van der Waals surface area contributed by atoms with E-state index in [1.54, 1.807) is 18.0 Å². The van der Waals surface area contributed by atoms with Gasteiger partial charge in [-0.25, -0.2) is 0 Å². The number of hydrogen-bond acceptors (Lipinski definition) is 4. The second-order valence-corrected chi connectivity index (χ2v) is 3.52. The van der Waals surface area contributed by atoms with Crippen LogP contribution in [0.2, 0.25) is 0 Å². The molecule has 3 nitrogen and oxygen atoms in total. The highest BCUT2D eigenvalue weighted by atomic mass is 32.2. The third kappa shape index (κ3) is 1.18. The fraction of sp³-hybridized carbons (Fsp3) is 0.250. The second-order valence-electron chi connectivity index (χ2n) is 2.54. The predicted molar refractivity (Wildman–Crippen MR) is 48.7 cm³/mol. The van der Waals surface area contributed by atoms with Gasteiger partial charge >= 0.3 is 0 Å². The van der Waals surface area contributed by atoms with Crippen molar-refractivity contribution >= 4 is 17.5 Å². The topological polar surface area (TPSA) is 45.5 Å². The zero-order valence-corrected chi connectivity index (χ0v) is 7.21. The Balaban J connectivity index is 2.51. The fourth-order valence-corrected chi connectivity index (χ4v) is 2.15. The molecule has 4 heteroatoms. The maximum Gasteiger partial charge on any atom is 0.0985 e. The zero-order chi connectivity index (χ0) is 8.39. The van der Waals surface area contributed by atoms with E-state index in [0.29, 0.717) is 0 Å². The van der Waals surface area contributed by atoms with Gasteiger partial charge in [0.1, 0.15) is 0 Å². The molecule has 0 atom stereocenters. The minimum atomic E-state index is 0.731. The molecule has 0 bridgehead atoms. The van der Waals surface area contributed by atoms with Crippen LogP contribution < -0.4 is 0 Å². The Morgan fingerprint density at radius 2 is 2.42 bits per heavy atom. The number of hydrogen-bond donors (Lipinski definition) is 1. The summed E-state index contributed by atoms with van der Waals surface area (Å²) < 4.78 is 0. The van der Waals surface area contributed by atoms with Crippen molar-refractivity contribution in [3.8, 4) is 0 Å². The van der Waals surface area contributed by atoms with Crippen LogP contribution in [0.5, 0.6) is 0 Å². The normalized spacial score (nSPS) is 19.2. The summed E-state index contributed by atoms with van der Waals surface area (Å²) in [5.41, 5.74) is 2.73. The SMILES string of the molecule is O/N=C1/CSCc2ncccc21. The van der Waals surface area contributed by atoms with Crippen LogP contribution in [-0.2, 0) is 5.75 Å². The molecule has 0 fully saturated rings. The van der Waals surface area contributed by atoms with Crippen molar-refractivity contribution in [1.29, 1.82) is 0 Å². The summed E-state index contributed by atoms with van der Waals surface area (Å²) in [5, 5.41) is 11.9. The Kier molecular flexibility index (Phi) is 1.99. The number of nitrogens with zero attached hydrogens (tertiary/aromatic N) is 2. The van der Waals surface area contributed by atoms with E-state index >= 15 is 0 Å². The van der Waals surface area contributed by atoms with Crippen molar-refractivity contribution in [1.82, 2.24) is 4.98 Å². The highest BCUT2D eigenvalue weighted by molar-refractivity contribution is 7.99. The summed E-state index contributed by atoms with van der Waals surface area (Å²) in [4.78, 5) is 4.20. The van der Waals surface area contributed by atoms with Gasteiger partial charge in [-0.3, -0.25) is 4.98 Å². The van der Waals surface area contributed by atoms with Gasteiger partial charge in [-0.2, -0.15) is 0 Å². The molecular formula is C8H8N2OS. The third-order valence-electron chi connectivity index (χ3n) is 1.80. The van der Waals surface area contributed by atoms with E-state index in [9.17, 15) is 0 Å². The summed E-state index contributed by atoms with van der Waals surface area (Å²) >= 11 is 1.72. The van der Waals surface area contributed by atoms with Gasteiger partial charge in [0, 0.05) is 23.3 Å². The van der Waals surface area contributed by atoms with Gasteiger partial charge in [-0.1, -0.05) is 5.16 Å². The highest BCUT2D eigenvalue weighted by Crippen LogP contribution is 2.22. The quantitative estimate of drug-likeness (QED) is 0.486. The Labute approximate surface area is 74.5 Å². The number of fused-ring (bicyclic) bond motifs is 1. The second kappa shape index (κ2) is 3.15. The van der Waals surface area contributed by atoms with Crippen molar-refractivity contribution in [2.24, 2.45) is 5.16 Å². The molecule has 0 unspecified atom stereocenters. The zero-order valence-electron chi connectivity index (χ0n) is 6.40. The Morgan fingerprint density at radius 3 is 3.25 bits per heavy atom. The summed E-state index contributed by atoms with van der Waals surface area (Å²) in [6, 6.07) is 3.80. The average Bonchev–Trinajstić information content (AvgIpc) is 2.17. The molecule has 0 amide bonds. The summed E-state index contributed by atoms with van der Waals surface area (Å²) in [6.45, 7) is 0. The lowest BCUT2D eigenvalue weighted by molar-refractivity contribution is 0.319. The predicted octanol–water partition coefficient (Wildman–Crippen LogP) is 1.51. The molecule has 0 aromatic carbocycles. The molecular weight excluding hydrogens is 172 g/mol. The molecule has 1 aliphatic heterocycles. The molecule has 1 N–H and O–H groups in total. The maximum absolute atomic E-state index is 8.68. The van der Waals surface area contributed by atoms with E-state index < -0.39 is 0 Å². The minimum absolute atomic E-state index is 0.731.